The molecule has 0 bridgehead atoms. The average Bonchev–Trinajstić information content (AvgIpc) is 2.63. The number of para-hydroxylation sites is 1. The molecule has 0 saturated heterocycles. The van der Waals surface area contributed by atoms with E-state index in [1.54, 1.807) is 13.0 Å². The number of esters is 1. The Hall–Kier alpha value is -2.30. The zero-order valence-corrected chi connectivity index (χ0v) is 14.8. The molecule has 0 unspecified atom stereocenters. The third kappa shape index (κ3) is 4.21. The Bertz CT molecular complexity index is 682. The van der Waals surface area contributed by atoms with Crippen LogP contribution in [0.5, 0.6) is 5.75 Å². The van der Waals surface area contributed by atoms with E-state index in [-0.39, 0.29) is 18.6 Å². The quantitative estimate of drug-likeness (QED) is 0.853. The van der Waals surface area contributed by atoms with Gasteiger partial charge in [-0.1, -0.05) is 38.0 Å². The molecular weight excluding hydrogens is 318 g/mol. The molecule has 2 aliphatic rings. The summed E-state index contributed by atoms with van der Waals surface area (Å²) in [6.45, 7) is 3.92. The zero-order chi connectivity index (χ0) is 17.8. The van der Waals surface area contributed by atoms with Crippen molar-refractivity contribution in [3.63, 3.8) is 0 Å². The van der Waals surface area contributed by atoms with Crippen LogP contribution in [-0.4, -0.2) is 30.6 Å². The highest BCUT2D eigenvalue weighted by atomic mass is 16.6. The van der Waals surface area contributed by atoms with Gasteiger partial charge in [0.15, 0.2) is 6.10 Å². The van der Waals surface area contributed by atoms with Crippen molar-refractivity contribution in [2.24, 2.45) is 5.92 Å². The van der Waals surface area contributed by atoms with E-state index in [1.807, 2.05) is 24.3 Å². The second-order valence-corrected chi connectivity index (χ2v) is 6.92. The highest BCUT2D eigenvalue weighted by Gasteiger charge is 2.27. The van der Waals surface area contributed by atoms with Crippen molar-refractivity contribution >= 4 is 18.0 Å². The summed E-state index contributed by atoms with van der Waals surface area (Å²) in [6.07, 6.45) is 5.40. The highest BCUT2D eigenvalue weighted by Crippen LogP contribution is 2.26. The van der Waals surface area contributed by atoms with Gasteiger partial charge in [-0.05, 0) is 37.8 Å². The lowest BCUT2D eigenvalue weighted by Crippen LogP contribution is -2.46. The Balaban J connectivity index is 1.57. The normalized spacial score (nSPS) is 23.5. The second-order valence-electron chi connectivity index (χ2n) is 6.92. The van der Waals surface area contributed by atoms with Crippen molar-refractivity contribution < 1.29 is 19.1 Å². The van der Waals surface area contributed by atoms with Gasteiger partial charge in [0.2, 0.25) is 0 Å². The molecule has 1 aromatic rings. The molecule has 3 rings (SSSR count). The van der Waals surface area contributed by atoms with E-state index >= 15 is 0 Å². The van der Waals surface area contributed by atoms with Crippen molar-refractivity contribution in [2.45, 2.75) is 51.7 Å². The van der Waals surface area contributed by atoms with Crippen LogP contribution in [0, 0.1) is 5.92 Å². The first-order valence-electron chi connectivity index (χ1n) is 8.98. The fraction of sp³-hybridized carbons (Fsp3) is 0.500. The van der Waals surface area contributed by atoms with Gasteiger partial charge in [-0.15, -0.1) is 0 Å². The van der Waals surface area contributed by atoms with Gasteiger partial charge in [-0.2, -0.15) is 0 Å². The number of nitrogens with one attached hydrogen (secondary N) is 1. The smallest absolute Gasteiger partial charge is 0.338 e. The molecule has 1 aromatic carbocycles. The maximum atomic E-state index is 12.3. The van der Waals surface area contributed by atoms with E-state index < -0.39 is 12.1 Å². The second kappa shape index (κ2) is 7.72. The van der Waals surface area contributed by atoms with Gasteiger partial charge in [-0.25, -0.2) is 4.79 Å². The summed E-state index contributed by atoms with van der Waals surface area (Å²) in [5.74, 6) is 0.473. The summed E-state index contributed by atoms with van der Waals surface area (Å²) < 4.78 is 10.9. The minimum absolute atomic E-state index is 0.157. The predicted molar refractivity (Wildman–Crippen MR) is 95.0 cm³/mol. The number of ether oxygens (including phenoxy) is 2. The first kappa shape index (κ1) is 17.5. The maximum Gasteiger partial charge on any atom is 0.338 e. The van der Waals surface area contributed by atoms with Gasteiger partial charge < -0.3 is 14.8 Å². The molecule has 0 radical (unpaired) electrons. The molecule has 25 heavy (non-hydrogen) atoms. The number of benzene rings is 1. The topological polar surface area (TPSA) is 64.6 Å². The monoisotopic (exact) mass is 343 g/mol. The van der Waals surface area contributed by atoms with Crippen molar-refractivity contribution in [2.75, 3.05) is 6.61 Å². The van der Waals surface area contributed by atoms with Crippen molar-refractivity contribution in [3.8, 4) is 5.75 Å². The van der Waals surface area contributed by atoms with Crippen LogP contribution in [0.25, 0.3) is 6.08 Å². The molecule has 0 aromatic heterocycles. The average molecular weight is 343 g/mol. The van der Waals surface area contributed by atoms with Gasteiger partial charge in [0, 0.05) is 11.6 Å². The molecule has 0 spiro atoms. The van der Waals surface area contributed by atoms with E-state index in [4.69, 9.17) is 9.47 Å². The molecule has 1 aliphatic carbocycles. The number of amides is 1. The number of carbonyl (C=O) groups is 2. The molecule has 1 N–H and O–H groups in total. The van der Waals surface area contributed by atoms with Crippen LogP contribution in [0.1, 0.15) is 45.1 Å². The Morgan fingerprint density at radius 2 is 2.00 bits per heavy atom. The lowest BCUT2D eigenvalue weighted by atomic mass is 9.86. The van der Waals surface area contributed by atoms with E-state index in [2.05, 4.69) is 12.2 Å². The van der Waals surface area contributed by atoms with E-state index in [0.29, 0.717) is 11.5 Å². The Morgan fingerprint density at radius 1 is 1.24 bits per heavy atom. The van der Waals surface area contributed by atoms with Crippen LogP contribution in [0.2, 0.25) is 0 Å². The predicted octanol–water partition coefficient (Wildman–Crippen LogP) is 3.09. The third-order valence-electron chi connectivity index (χ3n) is 4.99. The largest absolute Gasteiger partial charge is 0.488 e. The lowest BCUT2D eigenvalue weighted by molar-refractivity contribution is -0.151. The minimum atomic E-state index is -0.820. The molecule has 5 heteroatoms. The van der Waals surface area contributed by atoms with Gasteiger partial charge in [0.25, 0.3) is 5.91 Å². The van der Waals surface area contributed by atoms with E-state index in [0.717, 1.165) is 30.6 Å². The van der Waals surface area contributed by atoms with Crippen LogP contribution in [0.3, 0.4) is 0 Å². The van der Waals surface area contributed by atoms with Crippen LogP contribution in [-0.2, 0) is 14.3 Å². The molecule has 3 atom stereocenters. The molecule has 1 heterocycles. The number of hydrogen-bond donors (Lipinski definition) is 1. The summed E-state index contributed by atoms with van der Waals surface area (Å²) >= 11 is 0. The van der Waals surface area contributed by atoms with Crippen molar-refractivity contribution in [1.29, 1.82) is 0 Å². The SMILES string of the molecule is C[C@@H]1CCCC[C@H]1NC(=O)[C@@H](C)OC(=O)C1=Cc2ccccc2OC1. The maximum absolute atomic E-state index is 12.3. The zero-order valence-electron chi connectivity index (χ0n) is 14.8. The van der Waals surface area contributed by atoms with Gasteiger partial charge in [0.05, 0.1) is 5.57 Å². The van der Waals surface area contributed by atoms with Crippen LogP contribution in [0.4, 0.5) is 0 Å². The summed E-state index contributed by atoms with van der Waals surface area (Å²) in [4.78, 5) is 24.7. The Kier molecular flexibility index (Phi) is 5.41. The standard InChI is InChI=1S/C20H25NO4/c1-13-7-3-5-9-17(13)21-19(22)14(2)25-20(23)16-11-15-8-4-6-10-18(15)24-12-16/h4,6,8,10-11,13-14,17H,3,5,7,9,12H2,1-2H3,(H,21,22)/t13-,14-,17-/m1/s1. The number of fused-ring (bicyclic) bond motifs is 1. The van der Waals surface area contributed by atoms with E-state index in [1.165, 1.54) is 6.42 Å². The Morgan fingerprint density at radius 3 is 2.80 bits per heavy atom. The van der Waals surface area contributed by atoms with Crippen LogP contribution < -0.4 is 10.1 Å². The molecule has 1 saturated carbocycles. The van der Waals surface area contributed by atoms with Gasteiger partial charge in [-0.3, -0.25) is 4.79 Å². The number of carbonyl (C=O) groups excluding carboxylic acids is 2. The summed E-state index contributed by atoms with van der Waals surface area (Å²) in [5, 5.41) is 3.03. The molecule has 134 valence electrons. The fourth-order valence-corrected chi connectivity index (χ4v) is 3.35. The van der Waals surface area contributed by atoms with Crippen molar-refractivity contribution in [3.05, 3.63) is 35.4 Å². The number of rotatable bonds is 4. The third-order valence-corrected chi connectivity index (χ3v) is 4.99. The molecule has 1 amide bonds. The molecule has 1 fully saturated rings. The minimum Gasteiger partial charge on any atom is -0.488 e. The summed E-state index contributed by atoms with van der Waals surface area (Å²) in [6, 6.07) is 7.67. The lowest BCUT2D eigenvalue weighted by Gasteiger charge is -2.30. The summed E-state index contributed by atoms with van der Waals surface area (Å²) in [7, 11) is 0. The van der Waals surface area contributed by atoms with Gasteiger partial charge in [0.1, 0.15) is 12.4 Å². The van der Waals surface area contributed by atoms with Crippen LogP contribution in [0.15, 0.2) is 29.8 Å². The first-order chi connectivity index (χ1) is 12.0. The fourth-order valence-electron chi connectivity index (χ4n) is 3.35. The highest BCUT2D eigenvalue weighted by molar-refractivity contribution is 5.96. The van der Waals surface area contributed by atoms with Crippen molar-refractivity contribution in [1.82, 2.24) is 5.32 Å². The Labute approximate surface area is 148 Å². The molecule has 1 aliphatic heterocycles. The summed E-state index contributed by atoms with van der Waals surface area (Å²) in [5.41, 5.74) is 1.26. The molecule has 5 nitrogen and oxygen atoms in total. The van der Waals surface area contributed by atoms with Gasteiger partial charge >= 0.3 is 5.97 Å². The first-order valence-corrected chi connectivity index (χ1v) is 8.98. The van der Waals surface area contributed by atoms with E-state index in [9.17, 15) is 9.59 Å². The molecular formula is C20H25NO4. The number of hydrogen-bond acceptors (Lipinski definition) is 4. The van der Waals surface area contributed by atoms with Crippen LogP contribution >= 0.6 is 0 Å².